The Morgan fingerprint density at radius 3 is 2.68 bits per heavy atom. The molecule has 7 nitrogen and oxygen atoms in total. The summed E-state index contributed by atoms with van der Waals surface area (Å²) in [6.45, 7) is 0.287. The van der Waals surface area contributed by atoms with Crippen molar-refractivity contribution in [3.63, 3.8) is 0 Å². The van der Waals surface area contributed by atoms with E-state index in [-0.39, 0.29) is 11.5 Å². The van der Waals surface area contributed by atoms with Crippen LogP contribution in [0.15, 0.2) is 77.7 Å². The number of rotatable bonds is 10. The van der Waals surface area contributed by atoms with Gasteiger partial charge in [0.15, 0.2) is 0 Å². The first-order valence-corrected chi connectivity index (χ1v) is 12.8. The summed E-state index contributed by atoms with van der Waals surface area (Å²) in [6, 6.07) is 22.2. The van der Waals surface area contributed by atoms with Crippen molar-refractivity contribution >= 4 is 37.9 Å². The lowest BCUT2D eigenvalue weighted by Crippen LogP contribution is -2.30. The zero-order valence-corrected chi connectivity index (χ0v) is 19.7. The van der Waals surface area contributed by atoms with Crippen molar-refractivity contribution in [2.24, 2.45) is 0 Å². The van der Waals surface area contributed by atoms with Gasteiger partial charge in [0, 0.05) is 6.42 Å². The van der Waals surface area contributed by atoms with E-state index in [2.05, 4.69) is 15.8 Å². The molecule has 4 aromatic rings. The lowest BCUT2D eigenvalue weighted by molar-refractivity contribution is -0.108. The number of aromatic nitrogens is 1. The third-order valence-corrected chi connectivity index (χ3v) is 7.65. The monoisotopic (exact) mass is 491 g/mol. The predicted molar refractivity (Wildman–Crippen MR) is 130 cm³/mol. The van der Waals surface area contributed by atoms with Gasteiger partial charge in [0.2, 0.25) is 10.0 Å². The van der Waals surface area contributed by atoms with Crippen LogP contribution in [0.1, 0.15) is 28.6 Å². The van der Waals surface area contributed by atoms with Crippen LogP contribution in [0.3, 0.4) is 0 Å². The second kappa shape index (κ2) is 10.6. The fourth-order valence-electron chi connectivity index (χ4n) is 3.42. The first-order chi connectivity index (χ1) is 16.5. The van der Waals surface area contributed by atoms with Crippen molar-refractivity contribution in [2.75, 3.05) is 6.61 Å². The normalized spacial score (nSPS) is 12.2. The Hall–Kier alpha value is -3.58. The van der Waals surface area contributed by atoms with E-state index in [0.717, 1.165) is 22.1 Å². The van der Waals surface area contributed by atoms with E-state index in [1.54, 1.807) is 42.5 Å². The summed E-state index contributed by atoms with van der Waals surface area (Å²) in [4.78, 5) is 15.4. The molecule has 0 spiro atoms. The van der Waals surface area contributed by atoms with Crippen molar-refractivity contribution in [2.45, 2.75) is 23.8 Å². The molecular weight excluding hydrogens is 470 g/mol. The number of thiazole rings is 1. The van der Waals surface area contributed by atoms with E-state index < -0.39 is 16.1 Å². The summed E-state index contributed by atoms with van der Waals surface area (Å²) in [5.74, 6) is 0.618. The number of fused-ring (bicyclic) bond motifs is 1. The Labute approximate surface area is 201 Å². The summed E-state index contributed by atoms with van der Waals surface area (Å²) in [7, 11) is -3.81. The molecule has 0 saturated carbocycles. The highest BCUT2D eigenvalue weighted by molar-refractivity contribution is 7.89. The molecule has 9 heteroatoms. The Kier molecular flexibility index (Phi) is 7.33. The number of nitrogens with zero attached hydrogens (tertiary/aromatic N) is 2. The number of carbonyl (C=O) groups is 1. The number of carbonyl (C=O) groups excluding carboxylic acids is 1. The topological polar surface area (TPSA) is 109 Å². The van der Waals surface area contributed by atoms with Crippen molar-refractivity contribution in [1.29, 1.82) is 5.26 Å². The van der Waals surface area contributed by atoms with Gasteiger partial charge in [0.05, 0.1) is 39.4 Å². The van der Waals surface area contributed by atoms with Gasteiger partial charge in [-0.25, -0.2) is 18.1 Å². The SMILES string of the molecule is N#Cc1cccc(CC(NS(=O)(=O)c2ccccc2)c2nc3ccc(OCCC=O)cc3s2)c1. The largest absolute Gasteiger partial charge is 0.493 e. The molecule has 1 unspecified atom stereocenters. The molecule has 0 amide bonds. The lowest BCUT2D eigenvalue weighted by atomic mass is 10.0. The van der Waals surface area contributed by atoms with E-state index >= 15 is 0 Å². The summed E-state index contributed by atoms with van der Waals surface area (Å²) in [5, 5.41) is 9.84. The average Bonchev–Trinajstić information content (AvgIpc) is 3.28. The Morgan fingerprint density at radius 1 is 1.09 bits per heavy atom. The molecule has 0 aliphatic heterocycles. The molecule has 1 atom stereocenters. The van der Waals surface area contributed by atoms with Crippen molar-refractivity contribution in [3.8, 4) is 11.8 Å². The van der Waals surface area contributed by atoms with Gasteiger partial charge in [-0.2, -0.15) is 5.26 Å². The summed E-state index contributed by atoms with van der Waals surface area (Å²) in [5.41, 5.74) is 2.04. The first-order valence-electron chi connectivity index (χ1n) is 10.5. The van der Waals surface area contributed by atoms with Crippen LogP contribution < -0.4 is 9.46 Å². The van der Waals surface area contributed by atoms with Gasteiger partial charge in [-0.15, -0.1) is 11.3 Å². The van der Waals surface area contributed by atoms with Crippen LogP contribution in [0, 0.1) is 11.3 Å². The molecule has 0 aliphatic carbocycles. The van der Waals surface area contributed by atoms with Gasteiger partial charge in [-0.05, 0) is 54.4 Å². The lowest BCUT2D eigenvalue weighted by Gasteiger charge is -2.17. The van der Waals surface area contributed by atoms with Crippen LogP contribution in [-0.2, 0) is 21.2 Å². The van der Waals surface area contributed by atoms with Crippen LogP contribution in [0.5, 0.6) is 5.75 Å². The number of sulfonamides is 1. The van der Waals surface area contributed by atoms with Crippen LogP contribution in [0.2, 0.25) is 0 Å². The maximum atomic E-state index is 13.1. The smallest absolute Gasteiger partial charge is 0.241 e. The molecule has 0 radical (unpaired) electrons. The third kappa shape index (κ3) is 5.66. The molecule has 3 aromatic carbocycles. The van der Waals surface area contributed by atoms with Gasteiger partial charge in [-0.3, -0.25) is 0 Å². The maximum absolute atomic E-state index is 13.1. The number of hydrogen-bond acceptors (Lipinski definition) is 7. The Balaban J connectivity index is 1.68. The number of benzene rings is 3. The molecule has 4 rings (SSSR count). The summed E-state index contributed by atoms with van der Waals surface area (Å²) < 4.78 is 35.4. The standard InChI is InChI=1S/C25H21N3O4S2/c26-17-19-7-4-6-18(14-19)15-23(28-34(30,31)21-8-2-1-3-9-21)25-27-22-11-10-20(16-24(22)33-25)32-13-5-12-29/h1-4,6-12,14,16,23,28H,5,13,15H2. The zero-order chi connectivity index (χ0) is 24.0. The molecule has 0 fully saturated rings. The van der Waals surface area contributed by atoms with Crippen molar-refractivity contribution < 1.29 is 17.9 Å². The summed E-state index contributed by atoms with van der Waals surface area (Å²) in [6.07, 6.45) is 1.43. The van der Waals surface area contributed by atoms with E-state index in [1.807, 2.05) is 18.2 Å². The average molecular weight is 492 g/mol. The fraction of sp³-hybridized carbons (Fsp3) is 0.160. The van der Waals surface area contributed by atoms with Crippen LogP contribution in [0.4, 0.5) is 0 Å². The minimum atomic E-state index is -3.81. The minimum Gasteiger partial charge on any atom is -0.493 e. The van der Waals surface area contributed by atoms with Gasteiger partial charge < -0.3 is 9.53 Å². The highest BCUT2D eigenvalue weighted by Gasteiger charge is 2.25. The number of aldehydes is 1. The molecule has 0 saturated heterocycles. The maximum Gasteiger partial charge on any atom is 0.241 e. The van der Waals surface area contributed by atoms with Gasteiger partial charge >= 0.3 is 0 Å². The molecular formula is C25H21N3O4S2. The van der Waals surface area contributed by atoms with Crippen LogP contribution in [0.25, 0.3) is 10.2 Å². The van der Waals surface area contributed by atoms with Crippen molar-refractivity contribution in [3.05, 3.63) is 88.9 Å². The first kappa shape index (κ1) is 23.6. The number of ether oxygens (including phenoxy) is 1. The van der Waals surface area contributed by atoms with Gasteiger partial charge in [-0.1, -0.05) is 30.3 Å². The molecule has 1 N–H and O–H groups in total. The summed E-state index contributed by atoms with van der Waals surface area (Å²) >= 11 is 1.37. The second-order valence-corrected chi connectivity index (χ2v) is 10.3. The Bertz CT molecular complexity index is 1440. The molecule has 1 aromatic heterocycles. The highest BCUT2D eigenvalue weighted by atomic mass is 32.2. The van der Waals surface area contributed by atoms with Crippen molar-refractivity contribution in [1.82, 2.24) is 9.71 Å². The predicted octanol–water partition coefficient (Wildman–Crippen LogP) is 4.40. The van der Waals surface area contributed by atoms with Gasteiger partial charge in [0.25, 0.3) is 0 Å². The molecule has 0 aliphatic rings. The van der Waals surface area contributed by atoms with Crippen LogP contribution >= 0.6 is 11.3 Å². The highest BCUT2D eigenvalue weighted by Crippen LogP contribution is 2.32. The van der Waals surface area contributed by atoms with Crippen LogP contribution in [-0.4, -0.2) is 26.3 Å². The number of nitrogens with one attached hydrogen (secondary N) is 1. The van der Waals surface area contributed by atoms with E-state index in [0.29, 0.717) is 29.2 Å². The molecule has 0 bridgehead atoms. The third-order valence-electron chi connectivity index (χ3n) is 5.03. The number of nitriles is 1. The quantitative estimate of drug-likeness (QED) is 0.260. The number of hydrogen-bond donors (Lipinski definition) is 1. The van der Waals surface area contributed by atoms with E-state index in [1.165, 1.54) is 23.5 Å². The van der Waals surface area contributed by atoms with E-state index in [4.69, 9.17) is 4.74 Å². The molecule has 172 valence electrons. The van der Waals surface area contributed by atoms with E-state index in [9.17, 15) is 18.5 Å². The van der Waals surface area contributed by atoms with Gasteiger partial charge in [0.1, 0.15) is 17.0 Å². The Morgan fingerprint density at radius 2 is 1.91 bits per heavy atom. The molecule has 1 heterocycles. The second-order valence-electron chi connectivity index (χ2n) is 7.49. The zero-order valence-electron chi connectivity index (χ0n) is 18.0. The minimum absolute atomic E-state index is 0.165. The molecule has 34 heavy (non-hydrogen) atoms. The fourth-order valence-corrected chi connectivity index (χ4v) is 5.77.